The van der Waals surface area contributed by atoms with Crippen molar-refractivity contribution in [2.45, 2.75) is 6.10 Å². The van der Waals surface area contributed by atoms with Gasteiger partial charge in [0.1, 0.15) is 12.2 Å². The van der Waals surface area contributed by atoms with Crippen molar-refractivity contribution in [3.05, 3.63) is 40.8 Å². The van der Waals surface area contributed by atoms with E-state index >= 15 is 0 Å². The maximum absolute atomic E-state index is 9.41. The largest absolute Gasteiger partial charge is 0.493 e. The Bertz CT molecular complexity index is 843. The summed E-state index contributed by atoms with van der Waals surface area (Å²) in [6.45, 7) is 0. The minimum absolute atomic E-state index is 0.239. The first-order valence-corrected chi connectivity index (χ1v) is 6.74. The van der Waals surface area contributed by atoms with Gasteiger partial charge in [0.15, 0.2) is 11.5 Å². The highest BCUT2D eigenvalue weighted by Gasteiger charge is 2.26. The van der Waals surface area contributed by atoms with Gasteiger partial charge in [-0.25, -0.2) is 0 Å². The number of nitriles is 1. The summed E-state index contributed by atoms with van der Waals surface area (Å²) in [6.07, 6.45) is 7.35. The van der Waals surface area contributed by atoms with Crippen molar-refractivity contribution in [2.24, 2.45) is 0 Å². The molecule has 0 fully saturated rings. The predicted molar refractivity (Wildman–Crippen MR) is 80.9 cm³/mol. The van der Waals surface area contributed by atoms with Gasteiger partial charge in [0.25, 0.3) is 0 Å². The lowest BCUT2D eigenvalue weighted by molar-refractivity contribution is 0.257. The third kappa shape index (κ3) is 1.92. The fourth-order valence-corrected chi connectivity index (χ4v) is 2.75. The molecule has 0 saturated heterocycles. The van der Waals surface area contributed by atoms with Crippen molar-refractivity contribution in [3.63, 3.8) is 0 Å². The molecule has 1 heterocycles. The van der Waals surface area contributed by atoms with Crippen LogP contribution in [0.15, 0.2) is 30.4 Å². The number of hydrogen-bond donors (Lipinski definition) is 0. The lowest BCUT2D eigenvalue weighted by atomic mass is 9.96. The van der Waals surface area contributed by atoms with Gasteiger partial charge in [0.05, 0.1) is 21.3 Å². The van der Waals surface area contributed by atoms with Crippen molar-refractivity contribution in [2.75, 3.05) is 21.3 Å². The van der Waals surface area contributed by atoms with Crippen LogP contribution in [0.5, 0.6) is 17.2 Å². The smallest absolute Gasteiger partial charge is 0.206 e. The Labute approximate surface area is 128 Å². The van der Waals surface area contributed by atoms with Crippen molar-refractivity contribution in [1.82, 2.24) is 0 Å². The molecule has 1 aromatic rings. The minimum atomic E-state index is -0.306. The van der Waals surface area contributed by atoms with E-state index in [1.54, 1.807) is 27.4 Å². The van der Waals surface area contributed by atoms with Gasteiger partial charge in [0, 0.05) is 16.0 Å². The molecular formula is C17H15NO4. The lowest BCUT2D eigenvalue weighted by Gasteiger charge is -2.24. The highest BCUT2D eigenvalue weighted by Crippen LogP contribution is 2.34. The average Bonchev–Trinajstić information content (AvgIpc) is 2.58. The van der Waals surface area contributed by atoms with Gasteiger partial charge in [-0.3, -0.25) is 0 Å². The van der Waals surface area contributed by atoms with Crippen LogP contribution in [-0.2, 0) is 4.74 Å². The second-order valence-corrected chi connectivity index (χ2v) is 4.75. The first-order valence-electron chi connectivity index (χ1n) is 6.74. The molecule has 2 aliphatic rings. The van der Waals surface area contributed by atoms with E-state index in [-0.39, 0.29) is 11.9 Å². The van der Waals surface area contributed by atoms with Crippen LogP contribution in [-0.4, -0.2) is 27.4 Å². The molecule has 5 heteroatoms. The minimum Gasteiger partial charge on any atom is -0.493 e. The summed E-state index contributed by atoms with van der Waals surface area (Å²) in [4.78, 5) is 0. The second kappa shape index (κ2) is 5.49. The van der Waals surface area contributed by atoms with E-state index < -0.39 is 0 Å². The predicted octanol–water partition coefficient (Wildman–Crippen LogP) is 1.02. The molecule has 112 valence electrons. The fourth-order valence-electron chi connectivity index (χ4n) is 2.75. The molecule has 22 heavy (non-hydrogen) atoms. The fraction of sp³-hybridized carbons (Fsp3) is 0.235. The Hall–Kier alpha value is -2.87. The number of fused-ring (bicyclic) bond motifs is 2. The number of hydrogen-bond acceptors (Lipinski definition) is 5. The van der Waals surface area contributed by atoms with Crippen LogP contribution in [0.1, 0.15) is 0 Å². The van der Waals surface area contributed by atoms with Gasteiger partial charge in [-0.1, -0.05) is 18.2 Å². The Kier molecular flexibility index (Phi) is 3.51. The molecule has 0 radical (unpaired) electrons. The molecule has 0 amide bonds. The standard InChI is InChI=1S/C17H15NO4/c1-19-13-8-11-14(9-18)22-12-7-5-4-6-10(12)15(11)17(21-3)16(13)20-2/h4-8,12H,1-3H3. The summed E-state index contributed by atoms with van der Waals surface area (Å²) in [5.74, 6) is 1.76. The zero-order chi connectivity index (χ0) is 15.7. The third-order valence-corrected chi connectivity index (χ3v) is 3.69. The topological polar surface area (TPSA) is 60.7 Å². The van der Waals surface area contributed by atoms with Gasteiger partial charge in [0.2, 0.25) is 11.5 Å². The Morgan fingerprint density at radius 2 is 1.86 bits per heavy atom. The zero-order valence-electron chi connectivity index (χ0n) is 12.5. The Morgan fingerprint density at radius 3 is 2.50 bits per heavy atom. The van der Waals surface area contributed by atoms with Gasteiger partial charge in [-0.05, 0) is 12.1 Å². The molecule has 1 aliphatic carbocycles. The highest BCUT2D eigenvalue weighted by atomic mass is 16.5. The van der Waals surface area contributed by atoms with E-state index in [4.69, 9.17) is 18.9 Å². The van der Waals surface area contributed by atoms with Gasteiger partial charge in [-0.2, -0.15) is 5.26 Å². The first kappa shape index (κ1) is 14.1. The Morgan fingerprint density at radius 1 is 1.09 bits per heavy atom. The summed E-state index contributed by atoms with van der Waals surface area (Å²) in [7, 11) is 4.66. The average molecular weight is 297 g/mol. The van der Waals surface area contributed by atoms with Crippen LogP contribution >= 0.6 is 0 Å². The van der Waals surface area contributed by atoms with Crippen LogP contribution in [0.4, 0.5) is 0 Å². The van der Waals surface area contributed by atoms with Crippen LogP contribution in [0.25, 0.3) is 11.3 Å². The maximum atomic E-state index is 9.41. The van der Waals surface area contributed by atoms with Gasteiger partial charge < -0.3 is 18.9 Å². The molecule has 5 nitrogen and oxygen atoms in total. The molecule has 1 aliphatic heterocycles. The summed E-state index contributed by atoms with van der Waals surface area (Å²) >= 11 is 0. The number of benzene rings is 1. The van der Waals surface area contributed by atoms with Crippen LogP contribution in [0, 0.1) is 11.3 Å². The number of ether oxygens (including phenoxy) is 4. The van der Waals surface area contributed by atoms with Crippen molar-refractivity contribution in [3.8, 4) is 23.3 Å². The SMILES string of the molecule is COc1cc2c(c(OC)c1OC)=C1C=CC=CC1OC=2C#N. The van der Waals surface area contributed by atoms with Crippen LogP contribution in [0.3, 0.4) is 0 Å². The van der Waals surface area contributed by atoms with E-state index in [1.165, 1.54) is 0 Å². The molecule has 0 N–H and O–H groups in total. The van der Waals surface area contributed by atoms with E-state index in [1.807, 2.05) is 24.3 Å². The Balaban J connectivity index is 2.54. The molecule has 0 saturated carbocycles. The molecule has 0 aromatic heterocycles. The first-order chi connectivity index (χ1) is 10.7. The van der Waals surface area contributed by atoms with Crippen molar-refractivity contribution < 1.29 is 18.9 Å². The summed E-state index contributed by atoms with van der Waals surface area (Å²) in [6, 6.07) is 3.85. The molecule has 1 unspecified atom stereocenters. The van der Waals surface area contributed by atoms with Crippen molar-refractivity contribution in [1.29, 1.82) is 5.26 Å². The molecular weight excluding hydrogens is 282 g/mol. The summed E-state index contributed by atoms with van der Waals surface area (Å²) in [5, 5.41) is 10.8. The third-order valence-electron chi connectivity index (χ3n) is 3.69. The van der Waals surface area contributed by atoms with Crippen LogP contribution in [0.2, 0.25) is 0 Å². The molecule has 0 spiro atoms. The number of rotatable bonds is 3. The lowest BCUT2D eigenvalue weighted by Crippen LogP contribution is -2.39. The van der Waals surface area contributed by atoms with E-state index in [0.29, 0.717) is 22.5 Å². The van der Waals surface area contributed by atoms with E-state index in [0.717, 1.165) is 10.8 Å². The molecule has 0 bridgehead atoms. The summed E-state index contributed by atoms with van der Waals surface area (Å²) in [5.41, 5.74) is 0.925. The molecule has 1 aromatic carbocycles. The van der Waals surface area contributed by atoms with E-state index in [9.17, 15) is 5.26 Å². The summed E-state index contributed by atoms with van der Waals surface area (Å²) < 4.78 is 22.1. The number of methoxy groups -OCH3 is 3. The van der Waals surface area contributed by atoms with Crippen LogP contribution < -0.4 is 24.6 Å². The quantitative estimate of drug-likeness (QED) is 0.833. The van der Waals surface area contributed by atoms with Crippen molar-refractivity contribution >= 4 is 11.3 Å². The highest BCUT2D eigenvalue weighted by molar-refractivity contribution is 5.75. The maximum Gasteiger partial charge on any atom is 0.206 e. The van der Waals surface area contributed by atoms with E-state index in [2.05, 4.69) is 6.07 Å². The molecule has 1 atom stereocenters. The number of allylic oxidation sites excluding steroid dienone is 2. The monoisotopic (exact) mass is 297 g/mol. The van der Waals surface area contributed by atoms with Gasteiger partial charge >= 0.3 is 0 Å². The number of nitrogens with zero attached hydrogens (tertiary/aromatic N) is 1. The zero-order valence-corrected chi connectivity index (χ0v) is 12.5. The molecule has 3 rings (SSSR count). The normalized spacial score (nSPS) is 18.0. The van der Waals surface area contributed by atoms with Gasteiger partial charge in [-0.15, -0.1) is 0 Å². The second-order valence-electron chi connectivity index (χ2n) is 4.75.